The van der Waals surface area contributed by atoms with E-state index >= 15 is 0 Å². The standard InChI is InChI=1S/C24H31N5O3/c1-15(2)9-19(13-30)27-24-26-11-16(3)22(29-24)18-10-20(25-12-18)23(32)28-21(14-31)17-7-5-4-6-8-17/h4-8,10-12,15,19,21,25,30-31H,9,13-14H2,1-3H3,(H,28,32)(H,26,27,29)/t19-,21+/m0/s1. The highest BCUT2D eigenvalue weighted by molar-refractivity contribution is 5.94. The number of aromatic amines is 1. The number of aromatic nitrogens is 3. The Hall–Kier alpha value is -3.23. The van der Waals surface area contributed by atoms with E-state index in [0.29, 0.717) is 23.3 Å². The Morgan fingerprint density at radius 2 is 1.91 bits per heavy atom. The molecule has 8 heteroatoms. The van der Waals surface area contributed by atoms with Crippen LogP contribution in [0, 0.1) is 12.8 Å². The second-order valence-corrected chi connectivity index (χ2v) is 8.30. The number of aliphatic hydroxyl groups is 2. The number of H-pyrrole nitrogens is 1. The molecule has 32 heavy (non-hydrogen) atoms. The summed E-state index contributed by atoms with van der Waals surface area (Å²) >= 11 is 0. The second-order valence-electron chi connectivity index (χ2n) is 8.30. The average molecular weight is 438 g/mol. The molecular formula is C24H31N5O3. The highest BCUT2D eigenvalue weighted by Crippen LogP contribution is 2.24. The molecule has 1 aromatic carbocycles. The zero-order valence-corrected chi connectivity index (χ0v) is 18.7. The zero-order chi connectivity index (χ0) is 23.1. The van der Waals surface area contributed by atoms with Crippen molar-refractivity contribution in [1.82, 2.24) is 20.3 Å². The summed E-state index contributed by atoms with van der Waals surface area (Å²) in [7, 11) is 0. The highest BCUT2D eigenvalue weighted by Gasteiger charge is 2.18. The summed E-state index contributed by atoms with van der Waals surface area (Å²) in [4.78, 5) is 24.7. The van der Waals surface area contributed by atoms with Crippen molar-refractivity contribution in [3.8, 4) is 11.3 Å². The third-order valence-electron chi connectivity index (χ3n) is 5.17. The average Bonchev–Trinajstić information content (AvgIpc) is 3.28. The van der Waals surface area contributed by atoms with Crippen LogP contribution in [0.3, 0.4) is 0 Å². The fourth-order valence-electron chi connectivity index (χ4n) is 3.55. The van der Waals surface area contributed by atoms with Gasteiger partial charge in [-0.1, -0.05) is 44.2 Å². The lowest BCUT2D eigenvalue weighted by molar-refractivity contribution is 0.0911. The van der Waals surface area contributed by atoms with Gasteiger partial charge in [0, 0.05) is 18.0 Å². The maximum atomic E-state index is 12.7. The fourth-order valence-corrected chi connectivity index (χ4v) is 3.55. The first-order valence-electron chi connectivity index (χ1n) is 10.8. The van der Waals surface area contributed by atoms with Gasteiger partial charge in [0.05, 0.1) is 31.0 Å². The molecule has 5 N–H and O–H groups in total. The molecule has 0 aliphatic carbocycles. The summed E-state index contributed by atoms with van der Waals surface area (Å²) in [6.45, 7) is 5.88. The van der Waals surface area contributed by atoms with E-state index in [0.717, 1.165) is 23.1 Å². The molecule has 0 unspecified atom stereocenters. The number of hydrogen-bond acceptors (Lipinski definition) is 6. The van der Waals surface area contributed by atoms with Crippen molar-refractivity contribution in [3.63, 3.8) is 0 Å². The lowest BCUT2D eigenvalue weighted by Gasteiger charge is -2.18. The number of carbonyl (C=O) groups is 1. The number of benzene rings is 1. The van der Waals surface area contributed by atoms with E-state index in [2.05, 4.69) is 39.4 Å². The quantitative estimate of drug-likeness (QED) is 0.332. The van der Waals surface area contributed by atoms with Crippen molar-refractivity contribution in [2.45, 2.75) is 39.3 Å². The Balaban J connectivity index is 1.76. The Labute approximate surface area is 188 Å². The molecule has 8 nitrogen and oxygen atoms in total. The summed E-state index contributed by atoms with van der Waals surface area (Å²) in [6.07, 6.45) is 4.24. The molecule has 3 rings (SSSR count). The van der Waals surface area contributed by atoms with Crippen LogP contribution in [0.5, 0.6) is 0 Å². The van der Waals surface area contributed by atoms with Gasteiger partial charge in [-0.3, -0.25) is 4.79 Å². The Kier molecular flexibility index (Phi) is 7.97. The van der Waals surface area contributed by atoms with Crippen molar-refractivity contribution in [2.75, 3.05) is 18.5 Å². The van der Waals surface area contributed by atoms with Crippen molar-refractivity contribution < 1.29 is 15.0 Å². The van der Waals surface area contributed by atoms with E-state index in [1.54, 1.807) is 18.5 Å². The van der Waals surface area contributed by atoms with Crippen LogP contribution in [-0.4, -0.2) is 50.3 Å². The number of rotatable bonds is 10. The molecule has 3 aromatic rings. The third-order valence-corrected chi connectivity index (χ3v) is 5.17. The highest BCUT2D eigenvalue weighted by atomic mass is 16.3. The number of nitrogens with zero attached hydrogens (tertiary/aromatic N) is 2. The molecule has 0 radical (unpaired) electrons. The fraction of sp³-hybridized carbons (Fsp3) is 0.375. The molecule has 0 saturated heterocycles. The molecule has 0 bridgehead atoms. The summed E-state index contributed by atoms with van der Waals surface area (Å²) in [5, 5.41) is 25.4. The van der Waals surface area contributed by atoms with Crippen LogP contribution in [0.1, 0.15) is 47.9 Å². The Bertz CT molecular complexity index is 1020. The van der Waals surface area contributed by atoms with Crippen molar-refractivity contribution in [1.29, 1.82) is 0 Å². The first kappa shape index (κ1) is 23.4. The number of hydrogen-bond donors (Lipinski definition) is 5. The Morgan fingerprint density at radius 3 is 2.56 bits per heavy atom. The second kappa shape index (κ2) is 10.9. The van der Waals surface area contributed by atoms with Crippen LogP contribution < -0.4 is 10.6 Å². The predicted molar refractivity (Wildman–Crippen MR) is 124 cm³/mol. The summed E-state index contributed by atoms with van der Waals surface area (Å²) in [6, 6.07) is 10.4. The SMILES string of the molecule is Cc1cnc(N[C@H](CO)CC(C)C)nc1-c1c[nH]c(C(=O)N[C@H](CO)c2ccccc2)c1. The monoisotopic (exact) mass is 437 g/mol. The van der Waals surface area contributed by atoms with Gasteiger partial charge in [0.15, 0.2) is 0 Å². The Morgan fingerprint density at radius 1 is 1.16 bits per heavy atom. The van der Waals surface area contributed by atoms with Crippen LogP contribution in [0.25, 0.3) is 11.3 Å². The maximum absolute atomic E-state index is 12.7. The van der Waals surface area contributed by atoms with Gasteiger partial charge in [-0.15, -0.1) is 0 Å². The van der Waals surface area contributed by atoms with Crippen LogP contribution in [0.2, 0.25) is 0 Å². The number of amides is 1. The minimum Gasteiger partial charge on any atom is -0.394 e. The van der Waals surface area contributed by atoms with Crippen LogP contribution in [-0.2, 0) is 0 Å². The lowest BCUT2D eigenvalue weighted by Crippen LogP contribution is -2.30. The van der Waals surface area contributed by atoms with Crippen molar-refractivity contribution in [3.05, 3.63) is 65.6 Å². The van der Waals surface area contributed by atoms with Crippen LogP contribution in [0.15, 0.2) is 48.8 Å². The molecular weight excluding hydrogens is 406 g/mol. The summed E-state index contributed by atoms with van der Waals surface area (Å²) in [5.41, 5.74) is 3.51. The van der Waals surface area contributed by atoms with Gasteiger partial charge in [0.2, 0.25) is 5.95 Å². The minimum absolute atomic E-state index is 0.00728. The van der Waals surface area contributed by atoms with E-state index in [4.69, 9.17) is 0 Å². The van der Waals surface area contributed by atoms with Gasteiger partial charge in [0.1, 0.15) is 5.69 Å². The normalized spacial score (nSPS) is 13.1. The summed E-state index contributed by atoms with van der Waals surface area (Å²) in [5.74, 6) is 0.539. The number of aryl methyl sites for hydroxylation is 1. The van der Waals surface area contributed by atoms with Gasteiger partial charge in [-0.05, 0) is 36.5 Å². The van der Waals surface area contributed by atoms with E-state index < -0.39 is 6.04 Å². The molecule has 0 spiro atoms. The van der Waals surface area contributed by atoms with Gasteiger partial charge >= 0.3 is 0 Å². The zero-order valence-electron chi connectivity index (χ0n) is 18.7. The van der Waals surface area contributed by atoms with Gasteiger partial charge in [-0.25, -0.2) is 9.97 Å². The third kappa shape index (κ3) is 5.93. The molecule has 1 amide bonds. The minimum atomic E-state index is -0.497. The molecule has 2 heterocycles. The van der Waals surface area contributed by atoms with Gasteiger partial charge < -0.3 is 25.8 Å². The van der Waals surface area contributed by atoms with E-state index in [1.165, 1.54) is 0 Å². The van der Waals surface area contributed by atoms with E-state index in [1.807, 2.05) is 37.3 Å². The number of aliphatic hydroxyl groups excluding tert-OH is 2. The lowest BCUT2D eigenvalue weighted by atomic mass is 10.0. The van der Waals surface area contributed by atoms with Gasteiger partial charge in [-0.2, -0.15) is 0 Å². The number of carbonyl (C=O) groups excluding carboxylic acids is 1. The van der Waals surface area contributed by atoms with E-state index in [9.17, 15) is 15.0 Å². The molecule has 0 aliphatic rings. The largest absolute Gasteiger partial charge is 0.394 e. The smallest absolute Gasteiger partial charge is 0.268 e. The predicted octanol–water partition coefficient (Wildman–Crippen LogP) is 3.06. The molecule has 2 aromatic heterocycles. The molecule has 0 aliphatic heterocycles. The first-order chi connectivity index (χ1) is 15.4. The molecule has 170 valence electrons. The van der Waals surface area contributed by atoms with E-state index in [-0.39, 0.29) is 25.2 Å². The van der Waals surface area contributed by atoms with Crippen molar-refractivity contribution in [2.24, 2.45) is 5.92 Å². The molecule has 0 saturated carbocycles. The van der Waals surface area contributed by atoms with Gasteiger partial charge in [0.25, 0.3) is 5.91 Å². The summed E-state index contributed by atoms with van der Waals surface area (Å²) < 4.78 is 0. The van der Waals surface area contributed by atoms with Crippen LogP contribution in [0.4, 0.5) is 5.95 Å². The topological polar surface area (TPSA) is 123 Å². The first-order valence-corrected chi connectivity index (χ1v) is 10.8. The number of anilines is 1. The maximum Gasteiger partial charge on any atom is 0.268 e. The number of nitrogens with one attached hydrogen (secondary N) is 3. The van der Waals surface area contributed by atoms with Crippen molar-refractivity contribution >= 4 is 11.9 Å². The molecule has 2 atom stereocenters. The van der Waals surface area contributed by atoms with Crippen LogP contribution >= 0.6 is 0 Å². The molecule has 0 fully saturated rings.